The molecular formula is C23H19BrN2. The van der Waals surface area contributed by atoms with E-state index < -0.39 is 5.41 Å². The molecule has 1 saturated heterocycles. The van der Waals surface area contributed by atoms with Gasteiger partial charge in [0, 0.05) is 17.6 Å². The molecule has 26 heavy (non-hydrogen) atoms. The molecule has 0 saturated carbocycles. The van der Waals surface area contributed by atoms with Crippen molar-refractivity contribution >= 4 is 15.9 Å². The highest BCUT2D eigenvalue weighted by atomic mass is 79.9. The molecule has 0 spiro atoms. The van der Waals surface area contributed by atoms with Crippen LogP contribution in [-0.4, -0.2) is 18.0 Å². The fourth-order valence-electron chi connectivity index (χ4n) is 3.80. The second-order valence-electron chi connectivity index (χ2n) is 6.83. The standard InChI is InChI=1S/C23H19BrN2/c24-21-13-11-20(12-14-21)23(15-25)16-26(17-23)22(18-7-3-1-4-8-18)19-9-5-2-6-10-19/h1-14,22H,16-17H2. The minimum absolute atomic E-state index is 0.175. The van der Waals surface area contributed by atoms with Crippen molar-refractivity contribution in [2.45, 2.75) is 11.5 Å². The van der Waals surface area contributed by atoms with Crippen molar-refractivity contribution in [3.63, 3.8) is 0 Å². The van der Waals surface area contributed by atoms with E-state index in [1.165, 1.54) is 11.1 Å². The third-order valence-corrected chi connectivity index (χ3v) is 5.68. The lowest BCUT2D eigenvalue weighted by Gasteiger charge is -2.50. The molecule has 0 unspecified atom stereocenters. The number of halogens is 1. The SMILES string of the molecule is N#CC1(c2ccc(Br)cc2)CN(C(c2ccccc2)c2ccccc2)C1. The van der Waals surface area contributed by atoms with Gasteiger partial charge >= 0.3 is 0 Å². The Morgan fingerprint density at radius 1 is 0.808 bits per heavy atom. The van der Waals surface area contributed by atoms with E-state index in [9.17, 15) is 5.26 Å². The van der Waals surface area contributed by atoms with Gasteiger partial charge in [0.1, 0.15) is 5.41 Å². The zero-order chi connectivity index (χ0) is 18.0. The fourth-order valence-corrected chi connectivity index (χ4v) is 4.07. The number of rotatable bonds is 4. The molecule has 3 aromatic carbocycles. The molecule has 4 rings (SSSR count). The van der Waals surface area contributed by atoms with Gasteiger partial charge < -0.3 is 0 Å². The number of nitriles is 1. The van der Waals surface area contributed by atoms with Gasteiger partial charge in [0.2, 0.25) is 0 Å². The van der Waals surface area contributed by atoms with Crippen LogP contribution >= 0.6 is 15.9 Å². The topological polar surface area (TPSA) is 27.0 Å². The first-order valence-electron chi connectivity index (χ1n) is 8.73. The van der Waals surface area contributed by atoms with Crippen LogP contribution in [0.5, 0.6) is 0 Å². The molecule has 0 aromatic heterocycles. The average Bonchev–Trinajstić information content (AvgIpc) is 2.67. The molecule has 0 N–H and O–H groups in total. The molecule has 3 aromatic rings. The third kappa shape index (κ3) is 3.07. The summed E-state index contributed by atoms with van der Waals surface area (Å²) in [4.78, 5) is 2.40. The Morgan fingerprint density at radius 2 is 1.31 bits per heavy atom. The van der Waals surface area contributed by atoms with Crippen molar-refractivity contribution in [1.29, 1.82) is 5.26 Å². The van der Waals surface area contributed by atoms with Crippen molar-refractivity contribution in [3.05, 3.63) is 106 Å². The van der Waals surface area contributed by atoms with Crippen molar-refractivity contribution in [3.8, 4) is 6.07 Å². The maximum Gasteiger partial charge on any atom is 0.108 e. The monoisotopic (exact) mass is 402 g/mol. The first-order chi connectivity index (χ1) is 12.7. The zero-order valence-corrected chi connectivity index (χ0v) is 15.9. The summed E-state index contributed by atoms with van der Waals surface area (Å²) in [6.07, 6.45) is 0. The van der Waals surface area contributed by atoms with E-state index in [2.05, 4.69) is 87.6 Å². The molecule has 0 amide bonds. The molecule has 0 aliphatic carbocycles. The van der Waals surface area contributed by atoms with Gasteiger partial charge in [-0.25, -0.2) is 0 Å². The predicted octanol–water partition coefficient (Wildman–Crippen LogP) is 5.32. The molecule has 0 bridgehead atoms. The minimum atomic E-state index is -0.428. The highest BCUT2D eigenvalue weighted by Gasteiger charge is 2.47. The van der Waals surface area contributed by atoms with Gasteiger partial charge in [-0.3, -0.25) is 4.90 Å². The van der Waals surface area contributed by atoms with E-state index in [4.69, 9.17) is 0 Å². The zero-order valence-electron chi connectivity index (χ0n) is 14.3. The Kier molecular flexibility index (Phi) is 4.63. The second kappa shape index (κ2) is 7.07. The molecule has 128 valence electrons. The van der Waals surface area contributed by atoms with Gasteiger partial charge in [0.05, 0.1) is 12.1 Å². The van der Waals surface area contributed by atoms with Gasteiger partial charge in [0.15, 0.2) is 0 Å². The molecule has 1 aliphatic rings. The van der Waals surface area contributed by atoms with Crippen LogP contribution in [0.4, 0.5) is 0 Å². The van der Waals surface area contributed by atoms with Gasteiger partial charge in [-0.1, -0.05) is 88.7 Å². The Labute approximate surface area is 162 Å². The Balaban J connectivity index is 1.65. The van der Waals surface area contributed by atoms with E-state index in [-0.39, 0.29) is 6.04 Å². The van der Waals surface area contributed by atoms with Gasteiger partial charge in [-0.05, 0) is 28.8 Å². The summed E-state index contributed by atoms with van der Waals surface area (Å²) in [6.45, 7) is 1.47. The molecule has 0 radical (unpaired) electrons. The quantitative estimate of drug-likeness (QED) is 0.590. The van der Waals surface area contributed by atoms with Crippen molar-refractivity contribution in [2.24, 2.45) is 0 Å². The van der Waals surface area contributed by atoms with Crippen LogP contribution in [0.1, 0.15) is 22.7 Å². The van der Waals surface area contributed by atoms with Crippen LogP contribution in [0.3, 0.4) is 0 Å². The van der Waals surface area contributed by atoms with Crippen molar-refractivity contribution in [1.82, 2.24) is 4.90 Å². The lowest BCUT2D eigenvalue weighted by Crippen LogP contribution is -2.59. The Hall–Kier alpha value is -2.41. The number of likely N-dealkylation sites (tertiary alicyclic amines) is 1. The van der Waals surface area contributed by atoms with Gasteiger partial charge in [-0.2, -0.15) is 5.26 Å². The van der Waals surface area contributed by atoms with E-state index in [1.54, 1.807) is 0 Å². The van der Waals surface area contributed by atoms with E-state index in [0.717, 1.165) is 23.1 Å². The predicted molar refractivity (Wildman–Crippen MR) is 108 cm³/mol. The van der Waals surface area contributed by atoms with Gasteiger partial charge in [-0.15, -0.1) is 0 Å². The number of nitrogens with zero attached hydrogens (tertiary/aromatic N) is 2. The Bertz CT molecular complexity index is 868. The molecule has 0 atom stereocenters. The maximum atomic E-state index is 9.91. The molecule has 1 fully saturated rings. The summed E-state index contributed by atoms with van der Waals surface area (Å²) in [5.41, 5.74) is 3.20. The Morgan fingerprint density at radius 3 is 1.77 bits per heavy atom. The third-order valence-electron chi connectivity index (χ3n) is 5.15. The highest BCUT2D eigenvalue weighted by molar-refractivity contribution is 9.10. The summed E-state index contributed by atoms with van der Waals surface area (Å²) in [5.74, 6) is 0. The highest BCUT2D eigenvalue weighted by Crippen LogP contribution is 2.42. The molecule has 1 heterocycles. The second-order valence-corrected chi connectivity index (χ2v) is 7.75. The summed E-state index contributed by atoms with van der Waals surface area (Å²) in [6, 6.07) is 32.0. The van der Waals surface area contributed by atoms with E-state index >= 15 is 0 Å². The van der Waals surface area contributed by atoms with Crippen molar-refractivity contribution in [2.75, 3.05) is 13.1 Å². The number of hydrogen-bond donors (Lipinski definition) is 0. The number of benzene rings is 3. The van der Waals surface area contributed by atoms with Crippen LogP contribution in [0.25, 0.3) is 0 Å². The van der Waals surface area contributed by atoms with Crippen LogP contribution in [0.15, 0.2) is 89.4 Å². The van der Waals surface area contributed by atoms with E-state index in [0.29, 0.717) is 0 Å². The van der Waals surface area contributed by atoms with Gasteiger partial charge in [0.25, 0.3) is 0 Å². The molecule has 2 nitrogen and oxygen atoms in total. The minimum Gasteiger partial charge on any atom is -0.288 e. The largest absolute Gasteiger partial charge is 0.288 e. The van der Waals surface area contributed by atoms with Crippen LogP contribution < -0.4 is 0 Å². The average molecular weight is 403 g/mol. The summed E-state index contributed by atoms with van der Waals surface area (Å²) >= 11 is 3.48. The molecule has 3 heteroatoms. The first kappa shape index (κ1) is 17.0. The first-order valence-corrected chi connectivity index (χ1v) is 9.52. The molecule has 1 aliphatic heterocycles. The summed E-state index contributed by atoms with van der Waals surface area (Å²) in [7, 11) is 0. The molecular weight excluding hydrogens is 384 g/mol. The van der Waals surface area contributed by atoms with Crippen LogP contribution in [-0.2, 0) is 5.41 Å². The van der Waals surface area contributed by atoms with Crippen molar-refractivity contribution < 1.29 is 0 Å². The summed E-state index contributed by atoms with van der Waals surface area (Å²) in [5, 5.41) is 9.91. The van der Waals surface area contributed by atoms with E-state index in [1.807, 2.05) is 24.3 Å². The normalized spacial score (nSPS) is 16.0. The number of hydrogen-bond acceptors (Lipinski definition) is 2. The summed E-state index contributed by atoms with van der Waals surface area (Å²) < 4.78 is 1.04. The van der Waals surface area contributed by atoms with Crippen LogP contribution in [0, 0.1) is 11.3 Å². The maximum absolute atomic E-state index is 9.91. The smallest absolute Gasteiger partial charge is 0.108 e. The lowest BCUT2D eigenvalue weighted by atomic mass is 9.73. The fraction of sp³-hybridized carbons (Fsp3) is 0.174. The van der Waals surface area contributed by atoms with Crippen LogP contribution in [0.2, 0.25) is 0 Å². The lowest BCUT2D eigenvalue weighted by molar-refractivity contribution is 0.0709.